The van der Waals surface area contributed by atoms with Crippen LogP contribution in [0.5, 0.6) is 0 Å². The van der Waals surface area contributed by atoms with Gasteiger partial charge in [-0.1, -0.05) is 271 Å². The maximum Gasteiger partial charge on any atom is 0.306 e. The highest BCUT2D eigenvalue weighted by Gasteiger charge is 2.19. The summed E-state index contributed by atoms with van der Waals surface area (Å²) in [5.41, 5.74) is 0. The first-order valence-corrected chi connectivity index (χ1v) is 30.5. The van der Waals surface area contributed by atoms with E-state index in [-0.39, 0.29) is 37.5 Å². The van der Waals surface area contributed by atoms with Crippen molar-refractivity contribution in [1.82, 2.24) is 0 Å². The zero-order valence-corrected chi connectivity index (χ0v) is 48.1. The van der Waals surface area contributed by atoms with E-state index in [9.17, 15) is 14.4 Å². The highest BCUT2D eigenvalue weighted by Crippen LogP contribution is 2.15. The SMILES string of the molecule is CC/C=C\C/C=C\C/C=C\C/C=C\C/C=C\C/C=C\C/C=C\C/C=C\C/C=C\CCCC(=O)OCC(COC(=O)CCCCCCC/C=C\CCCC)OC(=O)CCCCCCCCCCCCCCCCCC. The summed E-state index contributed by atoms with van der Waals surface area (Å²) in [6.45, 7) is 6.44. The number of carbonyl (C=O) groups excluding carboxylic acids is 3. The maximum atomic E-state index is 12.9. The number of carbonyl (C=O) groups is 3. The molecule has 0 amide bonds. The lowest BCUT2D eigenvalue weighted by Gasteiger charge is -2.18. The Morgan fingerprint density at radius 1 is 0.284 bits per heavy atom. The molecule has 0 spiro atoms. The Kier molecular flexibility index (Phi) is 57.9. The molecule has 0 heterocycles. The number of hydrogen-bond acceptors (Lipinski definition) is 6. The molecule has 0 rings (SSSR count). The zero-order valence-electron chi connectivity index (χ0n) is 48.1. The van der Waals surface area contributed by atoms with Crippen LogP contribution in [-0.4, -0.2) is 37.2 Å². The van der Waals surface area contributed by atoms with Crippen molar-refractivity contribution in [3.63, 3.8) is 0 Å². The first-order chi connectivity index (χ1) is 36.5. The van der Waals surface area contributed by atoms with Crippen LogP contribution in [0.2, 0.25) is 0 Å². The van der Waals surface area contributed by atoms with E-state index >= 15 is 0 Å². The monoisotopic (exact) mass is 1020 g/mol. The van der Waals surface area contributed by atoms with Crippen molar-refractivity contribution in [3.05, 3.63) is 122 Å². The normalized spacial score (nSPS) is 13.0. The summed E-state index contributed by atoms with van der Waals surface area (Å²) in [5.74, 6) is -0.969. The van der Waals surface area contributed by atoms with E-state index in [2.05, 4.69) is 142 Å². The third-order valence-corrected chi connectivity index (χ3v) is 12.7. The van der Waals surface area contributed by atoms with Crippen LogP contribution in [0.15, 0.2) is 122 Å². The number of unbranched alkanes of at least 4 members (excludes halogenated alkanes) is 23. The number of ether oxygens (including phenoxy) is 3. The molecule has 74 heavy (non-hydrogen) atoms. The number of allylic oxidation sites excluding steroid dienone is 20. The average molecular weight is 1030 g/mol. The molecule has 1 unspecified atom stereocenters. The van der Waals surface area contributed by atoms with Gasteiger partial charge in [-0.25, -0.2) is 0 Å². The Labute approximate surface area is 456 Å². The lowest BCUT2D eigenvalue weighted by Crippen LogP contribution is -2.30. The molecule has 1 atom stereocenters. The molecule has 0 aliphatic heterocycles. The molecule has 0 aromatic heterocycles. The van der Waals surface area contributed by atoms with Crippen LogP contribution in [-0.2, 0) is 28.6 Å². The van der Waals surface area contributed by atoms with E-state index in [0.29, 0.717) is 19.3 Å². The van der Waals surface area contributed by atoms with Crippen molar-refractivity contribution in [1.29, 1.82) is 0 Å². The van der Waals surface area contributed by atoms with Crippen molar-refractivity contribution in [2.24, 2.45) is 0 Å². The maximum absolute atomic E-state index is 12.9. The highest BCUT2D eigenvalue weighted by atomic mass is 16.6. The summed E-state index contributed by atoms with van der Waals surface area (Å²) in [7, 11) is 0. The molecule has 0 aliphatic carbocycles. The molecule has 0 aromatic rings. The molecule has 420 valence electrons. The van der Waals surface area contributed by atoms with Crippen LogP contribution in [0.4, 0.5) is 0 Å². The van der Waals surface area contributed by atoms with Crippen molar-refractivity contribution in [2.75, 3.05) is 13.2 Å². The van der Waals surface area contributed by atoms with Gasteiger partial charge in [-0.05, 0) is 103 Å². The standard InChI is InChI=1S/C68H112O6/c1-4-7-10-13-16-19-22-24-26-28-29-30-31-32-33-34-35-36-37-38-39-40-42-43-46-49-52-55-58-61-67(70)73-64-65(63-72-66(69)60-57-54-51-48-45-21-18-15-12-9-6-3)74-68(71)62-59-56-53-50-47-44-41-27-25-23-20-17-14-11-8-5-2/h7,10,15-16,18-19,24,26,29-30,32-33,35-36,38-39,42-43,49,52,65H,4-6,8-9,11-14,17,20-23,25,27-28,31,34,37,40-41,44-48,50-51,53-64H2,1-3H3/b10-7-,18-15-,19-16-,26-24-,30-29-,33-32-,36-35-,39-38-,43-42-,52-49-. The molecular formula is C68H112O6. The van der Waals surface area contributed by atoms with Crippen LogP contribution in [0.25, 0.3) is 0 Å². The Balaban J connectivity index is 4.39. The summed E-state index contributed by atoms with van der Waals surface area (Å²) < 4.78 is 16.8. The summed E-state index contributed by atoms with van der Waals surface area (Å²) in [6.07, 6.45) is 84.9. The number of rotatable bonds is 54. The van der Waals surface area contributed by atoms with Gasteiger partial charge in [-0.3, -0.25) is 14.4 Å². The van der Waals surface area contributed by atoms with E-state index in [1.54, 1.807) is 0 Å². The van der Waals surface area contributed by atoms with Gasteiger partial charge in [-0.2, -0.15) is 0 Å². The van der Waals surface area contributed by atoms with Gasteiger partial charge in [0.15, 0.2) is 6.10 Å². The molecule has 0 N–H and O–H groups in total. The molecular weight excluding hydrogens is 913 g/mol. The summed E-state index contributed by atoms with van der Waals surface area (Å²) in [4.78, 5) is 38.1. The lowest BCUT2D eigenvalue weighted by molar-refractivity contribution is -0.167. The molecule has 6 heteroatoms. The van der Waals surface area contributed by atoms with Gasteiger partial charge in [0.25, 0.3) is 0 Å². The van der Waals surface area contributed by atoms with Crippen LogP contribution in [0.1, 0.15) is 271 Å². The van der Waals surface area contributed by atoms with Gasteiger partial charge < -0.3 is 14.2 Å². The van der Waals surface area contributed by atoms with Gasteiger partial charge in [0.2, 0.25) is 0 Å². The smallest absolute Gasteiger partial charge is 0.306 e. The molecule has 0 bridgehead atoms. The minimum absolute atomic E-state index is 0.100. The summed E-state index contributed by atoms with van der Waals surface area (Å²) in [6, 6.07) is 0. The Morgan fingerprint density at radius 2 is 0.554 bits per heavy atom. The Morgan fingerprint density at radius 3 is 0.932 bits per heavy atom. The van der Waals surface area contributed by atoms with E-state index in [0.717, 1.165) is 116 Å². The first-order valence-electron chi connectivity index (χ1n) is 30.5. The quantitative estimate of drug-likeness (QED) is 0.0261. The third-order valence-electron chi connectivity index (χ3n) is 12.7. The van der Waals surface area contributed by atoms with E-state index in [4.69, 9.17) is 14.2 Å². The van der Waals surface area contributed by atoms with E-state index in [1.165, 1.54) is 109 Å². The van der Waals surface area contributed by atoms with Crippen LogP contribution >= 0.6 is 0 Å². The second kappa shape index (κ2) is 61.4. The van der Waals surface area contributed by atoms with E-state index in [1.807, 2.05) is 0 Å². The average Bonchev–Trinajstić information content (AvgIpc) is 3.40. The fourth-order valence-corrected chi connectivity index (χ4v) is 8.13. The molecule has 0 aromatic carbocycles. The van der Waals surface area contributed by atoms with Crippen LogP contribution in [0.3, 0.4) is 0 Å². The van der Waals surface area contributed by atoms with Gasteiger partial charge in [0.1, 0.15) is 13.2 Å². The van der Waals surface area contributed by atoms with Crippen LogP contribution < -0.4 is 0 Å². The third kappa shape index (κ3) is 58.7. The number of hydrogen-bond donors (Lipinski definition) is 0. The van der Waals surface area contributed by atoms with Crippen LogP contribution in [0, 0.1) is 0 Å². The molecule has 6 nitrogen and oxygen atoms in total. The predicted octanol–water partition coefficient (Wildman–Crippen LogP) is 20.8. The molecule has 0 saturated carbocycles. The summed E-state index contributed by atoms with van der Waals surface area (Å²) >= 11 is 0. The molecule has 0 radical (unpaired) electrons. The molecule has 0 saturated heterocycles. The van der Waals surface area contributed by atoms with Crippen molar-refractivity contribution >= 4 is 17.9 Å². The van der Waals surface area contributed by atoms with Gasteiger partial charge in [0.05, 0.1) is 0 Å². The van der Waals surface area contributed by atoms with Crippen molar-refractivity contribution < 1.29 is 28.6 Å². The predicted molar refractivity (Wildman–Crippen MR) is 320 cm³/mol. The topological polar surface area (TPSA) is 78.9 Å². The number of esters is 3. The Bertz CT molecular complexity index is 1550. The second-order valence-corrected chi connectivity index (χ2v) is 19.9. The van der Waals surface area contributed by atoms with Crippen molar-refractivity contribution in [3.8, 4) is 0 Å². The molecule has 0 fully saturated rings. The fraction of sp³-hybridized carbons (Fsp3) is 0.662. The van der Waals surface area contributed by atoms with Gasteiger partial charge in [0, 0.05) is 19.3 Å². The minimum atomic E-state index is -0.806. The van der Waals surface area contributed by atoms with Gasteiger partial charge in [-0.15, -0.1) is 0 Å². The Hall–Kier alpha value is -4.19. The second-order valence-electron chi connectivity index (χ2n) is 19.9. The van der Waals surface area contributed by atoms with E-state index < -0.39 is 6.10 Å². The summed E-state index contributed by atoms with van der Waals surface area (Å²) in [5, 5.41) is 0. The van der Waals surface area contributed by atoms with Gasteiger partial charge >= 0.3 is 17.9 Å². The first kappa shape index (κ1) is 69.8. The lowest BCUT2D eigenvalue weighted by atomic mass is 10.0. The highest BCUT2D eigenvalue weighted by molar-refractivity contribution is 5.71. The minimum Gasteiger partial charge on any atom is -0.462 e. The van der Waals surface area contributed by atoms with Crippen molar-refractivity contribution in [2.45, 2.75) is 277 Å². The molecule has 0 aliphatic rings. The largest absolute Gasteiger partial charge is 0.462 e. The zero-order chi connectivity index (χ0) is 53.6. The fourth-order valence-electron chi connectivity index (χ4n) is 8.13.